The number of hydrogen-bond acceptors (Lipinski definition) is 3. The first-order valence-electron chi connectivity index (χ1n) is 6.81. The number of pyridine rings is 1. The molecule has 3 rings (SSSR count). The minimum Gasteiger partial charge on any atom is -0.337 e. The molecule has 1 amide bonds. The van der Waals surface area contributed by atoms with Crippen LogP contribution >= 0.6 is 15.9 Å². The zero-order valence-electron chi connectivity index (χ0n) is 10.8. The van der Waals surface area contributed by atoms with E-state index >= 15 is 0 Å². The lowest BCUT2D eigenvalue weighted by molar-refractivity contribution is 0.0777. The van der Waals surface area contributed by atoms with Crippen LogP contribution in [0.5, 0.6) is 0 Å². The molecule has 2 fully saturated rings. The maximum absolute atomic E-state index is 12.4. The molecule has 0 spiro atoms. The van der Waals surface area contributed by atoms with E-state index in [1.807, 2.05) is 11.0 Å². The number of likely N-dealkylation sites (tertiary alicyclic amines) is 1. The first kappa shape index (κ1) is 13.1. The molecule has 19 heavy (non-hydrogen) atoms. The zero-order chi connectivity index (χ0) is 13.4. The van der Waals surface area contributed by atoms with Crippen LogP contribution in [-0.2, 0) is 0 Å². The summed E-state index contributed by atoms with van der Waals surface area (Å²) in [6.07, 6.45) is 5.17. The van der Waals surface area contributed by atoms with E-state index in [-0.39, 0.29) is 11.9 Å². The lowest BCUT2D eigenvalue weighted by Crippen LogP contribution is -2.38. The summed E-state index contributed by atoms with van der Waals surface area (Å²) >= 11 is 3.33. The molecule has 2 heterocycles. The van der Waals surface area contributed by atoms with Crippen molar-refractivity contribution in [1.29, 1.82) is 0 Å². The monoisotopic (exact) mass is 323 g/mol. The highest BCUT2D eigenvalue weighted by Gasteiger charge is 2.40. The number of hydrogen-bond donors (Lipinski definition) is 1. The van der Waals surface area contributed by atoms with Crippen LogP contribution in [0.2, 0.25) is 0 Å². The Morgan fingerprint density at radius 1 is 1.37 bits per heavy atom. The van der Waals surface area contributed by atoms with E-state index in [1.54, 1.807) is 12.3 Å². The van der Waals surface area contributed by atoms with Crippen LogP contribution in [0.25, 0.3) is 0 Å². The second-order valence-corrected chi connectivity index (χ2v) is 6.51. The predicted octanol–water partition coefficient (Wildman–Crippen LogP) is 2.04. The first-order chi connectivity index (χ1) is 9.15. The molecule has 1 aliphatic heterocycles. The Hall–Kier alpha value is -0.940. The molecule has 2 N–H and O–H groups in total. The van der Waals surface area contributed by atoms with Crippen LogP contribution in [0.3, 0.4) is 0 Å². The third kappa shape index (κ3) is 2.54. The average molecular weight is 324 g/mol. The van der Waals surface area contributed by atoms with E-state index in [9.17, 15) is 4.79 Å². The standard InChI is InChI=1S/C14H18BrN3O/c15-10-4-5-13(17-6-10)14(19)18-7-9-2-1-3-12(16)11(9)8-18/h4-6,9,11-12H,1-3,7-8,16H2. The van der Waals surface area contributed by atoms with Gasteiger partial charge in [0.25, 0.3) is 5.91 Å². The number of fused-ring (bicyclic) bond motifs is 1. The van der Waals surface area contributed by atoms with Crippen molar-refractivity contribution in [2.75, 3.05) is 13.1 Å². The summed E-state index contributed by atoms with van der Waals surface area (Å²) in [4.78, 5) is 18.5. The summed E-state index contributed by atoms with van der Waals surface area (Å²) in [5.74, 6) is 1.10. The smallest absolute Gasteiger partial charge is 0.272 e. The van der Waals surface area contributed by atoms with Gasteiger partial charge >= 0.3 is 0 Å². The van der Waals surface area contributed by atoms with Crippen molar-refractivity contribution in [2.45, 2.75) is 25.3 Å². The van der Waals surface area contributed by atoms with Gasteiger partial charge in [-0.1, -0.05) is 6.42 Å². The molecule has 3 unspecified atom stereocenters. The molecule has 1 saturated carbocycles. The molecule has 0 radical (unpaired) electrons. The Labute approximate surface area is 121 Å². The van der Waals surface area contributed by atoms with Gasteiger partial charge in [-0.05, 0) is 52.7 Å². The van der Waals surface area contributed by atoms with E-state index in [1.165, 1.54) is 12.8 Å². The van der Waals surface area contributed by atoms with Gasteiger partial charge in [-0.2, -0.15) is 0 Å². The fourth-order valence-electron chi connectivity index (χ4n) is 3.35. The molecule has 102 valence electrons. The molecule has 2 aliphatic rings. The molecule has 0 aromatic carbocycles. The highest BCUT2D eigenvalue weighted by molar-refractivity contribution is 9.10. The maximum atomic E-state index is 12.4. The second kappa shape index (κ2) is 5.21. The van der Waals surface area contributed by atoms with Crippen LogP contribution in [-0.4, -0.2) is 34.9 Å². The molecule has 3 atom stereocenters. The zero-order valence-corrected chi connectivity index (χ0v) is 12.3. The fourth-order valence-corrected chi connectivity index (χ4v) is 3.58. The van der Waals surface area contributed by atoms with Gasteiger partial charge in [-0.25, -0.2) is 4.98 Å². The van der Waals surface area contributed by atoms with E-state index in [0.717, 1.165) is 24.0 Å². The number of carbonyl (C=O) groups excluding carboxylic acids is 1. The lowest BCUT2D eigenvalue weighted by atomic mass is 9.78. The Morgan fingerprint density at radius 2 is 2.21 bits per heavy atom. The average Bonchev–Trinajstić information content (AvgIpc) is 2.84. The highest BCUT2D eigenvalue weighted by atomic mass is 79.9. The molecule has 0 bridgehead atoms. The molecular formula is C14H18BrN3O. The van der Waals surface area contributed by atoms with Crippen LogP contribution < -0.4 is 5.73 Å². The van der Waals surface area contributed by atoms with Crippen molar-refractivity contribution < 1.29 is 4.79 Å². The SMILES string of the molecule is NC1CCCC2CN(C(=O)c3ccc(Br)cn3)CC12. The summed E-state index contributed by atoms with van der Waals surface area (Å²) in [6, 6.07) is 3.89. The largest absolute Gasteiger partial charge is 0.337 e. The minimum absolute atomic E-state index is 0.0362. The van der Waals surface area contributed by atoms with Crippen molar-refractivity contribution in [2.24, 2.45) is 17.6 Å². The minimum atomic E-state index is 0.0362. The summed E-state index contributed by atoms with van der Waals surface area (Å²) in [6.45, 7) is 1.64. The van der Waals surface area contributed by atoms with Crippen molar-refractivity contribution in [3.8, 4) is 0 Å². The number of carbonyl (C=O) groups is 1. The van der Waals surface area contributed by atoms with Crippen LogP contribution in [0, 0.1) is 11.8 Å². The number of rotatable bonds is 1. The molecule has 1 aliphatic carbocycles. The van der Waals surface area contributed by atoms with Gasteiger partial charge in [-0.15, -0.1) is 0 Å². The Balaban J connectivity index is 1.73. The summed E-state index contributed by atoms with van der Waals surface area (Å²) < 4.78 is 0.890. The van der Waals surface area contributed by atoms with E-state index in [2.05, 4.69) is 20.9 Å². The van der Waals surface area contributed by atoms with E-state index in [4.69, 9.17) is 5.73 Å². The predicted molar refractivity (Wildman–Crippen MR) is 76.6 cm³/mol. The van der Waals surface area contributed by atoms with Crippen LogP contribution in [0.1, 0.15) is 29.8 Å². The van der Waals surface area contributed by atoms with Crippen molar-refractivity contribution in [1.82, 2.24) is 9.88 Å². The van der Waals surface area contributed by atoms with Gasteiger partial charge in [0.1, 0.15) is 5.69 Å². The highest BCUT2D eigenvalue weighted by Crippen LogP contribution is 2.35. The molecule has 1 aromatic heterocycles. The molecular weight excluding hydrogens is 306 g/mol. The van der Waals surface area contributed by atoms with Crippen molar-refractivity contribution in [3.05, 3.63) is 28.5 Å². The third-order valence-electron chi connectivity index (χ3n) is 4.39. The molecule has 1 saturated heterocycles. The molecule has 5 heteroatoms. The van der Waals surface area contributed by atoms with Crippen LogP contribution in [0.15, 0.2) is 22.8 Å². The Bertz CT molecular complexity index is 476. The van der Waals surface area contributed by atoms with Crippen molar-refractivity contribution >= 4 is 21.8 Å². The number of halogens is 1. The normalized spacial score (nSPS) is 30.2. The number of aromatic nitrogens is 1. The van der Waals surface area contributed by atoms with E-state index < -0.39 is 0 Å². The van der Waals surface area contributed by atoms with Gasteiger partial charge in [0.05, 0.1) is 0 Å². The Kier molecular flexibility index (Phi) is 3.58. The summed E-state index contributed by atoms with van der Waals surface area (Å²) in [5, 5.41) is 0. The number of nitrogens with zero attached hydrogens (tertiary/aromatic N) is 2. The van der Waals surface area contributed by atoms with Gasteiger partial charge < -0.3 is 10.6 Å². The van der Waals surface area contributed by atoms with Crippen molar-refractivity contribution in [3.63, 3.8) is 0 Å². The molecule has 1 aromatic rings. The fraction of sp³-hybridized carbons (Fsp3) is 0.571. The van der Waals surface area contributed by atoms with Gasteiger partial charge in [0.2, 0.25) is 0 Å². The quantitative estimate of drug-likeness (QED) is 0.860. The van der Waals surface area contributed by atoms with Gasteiger partial charge in [0, 0.05) is 29.8 Å². The summed E-state index contributed by atoms with van der Waals surface area (Å²) in [7, 11) is 0. The van der Waals surface area contributed by atoms with E-state index in [0.29, 0.717) is 17.5 Å². The maximum Gasteiger partial charge on any atom is 0.272 e. The third-order valence-corrected chi connectivity index (χ3v) is 4.86. The van der Waals surface area contributed by atoms with Gasteiger partial charge in [0.15, 0.2) is 0 Å². The second-order valence-electron chi connectivity index (χ2n) is 5.59. The molecule has 4 nitrogen and oxygen atoms in total. The summed E-state index contributed by atoms with van der Waals surface area (Å²) in [5.41, 5.74) is 6.70. The van der Waals surface area contributed by atoms with Gasteiger partial charge in [-0.3, -0.25) is 4.79 Å². The lowest BCUT2D eigenvalue weighted by Gasteiger charge is -2.29. The Morgan fingerprint density at radius 3 is 2.89 bits per heavy atom. The number of amides is 1. The topological polar surface area (TPSA) is 59.2 Å². The first-order valence-corrected chi connectivity index (χ1v) is 7.61. The number of nitrogens with two attached hydrogens (primary N) is 1. The van der Waals surface area contributed by atoms with Crippen LogP contribution in [0.4, 0.5) is 0 Å².